The van der Waals surface area contributed by atoms with Crippen molar-refractivity contribution in [1.82, 2.24) is 0 Å². The van der Waals surface area contributed by atoms with Gasteiger partial charge in [0.1, 0.15) is 11.6 Å². The standard InChI is InChI=1S/C14H11ClFNO2/c1-19-11-4-2-3-9(7-11)14(18)17-13-6-5-10(15)8-12(13)16/h2-8H,1H3,(H,17,18). The van der Waals surface area contributed by atoms with Crippen LogP contribution in [0.1, 0.15) is 10.4 Å². The van der Waals surface area contributed by atoms with E-state index in [0.29, 0.717) is 11.3 Å². The van der Waals surface area contributed by atoms with Crippen LogP contribution < -0.4 is 10.1 Å². The first-order valence-electron chi connectivity index (χ1n) is 5.50. The predicted octanol–water partition coefficient (Wildman–Crippen LogP) is 3.74. The van der Waals surface area contributed by atoms with Crippen molar-refractivity contribution in [2.24, 2.45) is 0 Å². The lowest BCUT2D eigenvalue weighted by atomic mass is 10.2. The molecule has 5 heteroatoms. The second kappa shape index (κ2) is 5.71. The molecule has 0 aliphatic carbocycles. The van der Waals surface area contributed by atoms with E-state index < -0.39 is 11.7 Å². The number of rotatable bonds is 3. The van der Waals surface area contributed by atoms with Crippen molar-refractivity contribution in [3.63, 3.8) is 0 Å². The Kier molecular flexibility index (Phi) is 4.02. The summed E-state index contributed by atoms with van der Waals surface area (Å²) in [5, 5.41) is 2.75. The van der Waals surface area contributed by atoms with Crippen molar-refractivity contribution in [1.29, 1.82) is 0 Å². The van der Waals surface area contributed by atoms with Crippen LogP contribution in [0.5, 0.6) is 5.75 Å². The fraction of sp³-hybridized carbons (Fsp3) is 0.0714. The smallest absolute Gasteiger partial charge is 0.255 e. The minimum Gasteiger partial charge on any atom is -0.497 e. The summed E-state index contributed by atoms with van der Waals surface area (Å²) in [6.07, 6.45) is 0. The van der Waals surface area contributed by atoms with Gasteiger partial charge in [0.05, 0.1) is 12.8 Å². The van der Waals surface area contributed by atoms with Crippen molar-refractivity contribution in [3.05, 3.63) is 58.9 Å². The van der Waals surface area contributed by atoms with Crippen molar-refractivity contribution >= 4 is 23.2 Å². The van der Waals surface area contributed by atoms with Crippen LogP contribution in [0.4, 0.5) is 10.1 Å². The van der Waals surface area contributed by atoms with E-state index in [0.717, 1.165) is 6.07 Å². The highest BCUT2D eigenvalue weighted by Crippen LogP contribution is 2.20. The van der Waals surface area contributed by atoms with Gasteiger partial charge >= 0.3 is 0 Å². The highest BCUT2D eigenvalue weighted by atomic mass is 35.5. The average Bonchev–Trinajstić information content (AvgIpc) is 2.42. The second-order valence-corrected chi connectivity index (χ2v) is 4.25. The van der Waals surface area contributed by atoms with Crippen molar-refractivity contribution in [2.75, 3.05) is 12.4 Å². The topological polar surface area (TPSA) is 38.3 Å². The van der Waals surface area contributed by atoms with Crippen LogP contribution in [-0.4, -0.2) is 13.0 Å². The van der Waals surface area contributed by atoms with Gasteiger partial charge in [-0.3, -0.25) is 4.79 Å². The van der Waals surface area contributed by atoms with Crippen molar-refractivity contribution in [2.45, 2.75) is 0 Å². The number of carbonyl (C=O) groups excluding carboxylic acids is 1. The van der Waals surface area contributed by atoms with E-state index in [-0.39, 0.29) is 10.7 Å². The number of carbonyl (C=O) groups is 1. The molecule has 98 valence electrons. The third-order valence-corrected chi connectivity index (χ3v) is 2.75. The molecule has 2 aromatic carbocycles. The van der Waals surface area contributed by atoms with Gasteiger partial charge < -0.3 is 10.1 Å². The maximum Gasteiger partial charge on any atom is 0.255 e. The number of benzene rings is 2. The van der Waals surface area contributed by atoms with Gasteiger partial charge in [0.15, 0.2) is 0 Å². The predicted molar refractivity (Wildman–Crippen MR) is 72.4 cm³/mol. The van der Waals surface area contributed by atoms with Crippen LogP contribution in [0.15, 0.2) is 42.5 Å². The quantitative estimate of drug-likeness (QED) is 0.929. The third kappa shape index (κ3) is 3.23. The van der Waals surface area contributed by atoms with Crippen molar-refractivity contribution in [3.8, 4) is 5.75 Å². The number of amides is 1. The van der Waals surface area contributed by atoms with Crippen molar-refractivity contribution < 1.29 is 13.9 Å². The van der Waals surface area contributed by atoms with E-state index in [1.165, 1.54) is 19.2 Å². The van der Waals surface area contributed by atoms with E-state index in [4.69, 9.17) is 16.3 Å². The van der Waals surface area contributed by atoms with E-state index in [1.54, 1.807) is 24.3 Å². The Bertz CT molecular complexity index is 616. The van der Waals surface area contributed by atoms with Gasteiger partial charge in [-0.1, -0.05) is 17.7 Å². The Balaban J connectivity index is 2.20. The van der Waals surface area contributed by atoms with Crippen LogP contribution in [0.3, 0.4) is 0 Å². The summed E-state index contributed by atoms with van der Waals surface area (Å²) in [7, 11) is 1.51. The fourth-order valence-electron chi connectivity index (χ4n) is 1.55. The average molecular weight is 280 g/mol. The second-order valence-electron chi connectivity index (χ2n) is 3.81. The summed E-state index contributed by atoms with van der Waals surface area (Å²) >= 11 is 5.64. The molecule has 1 N–H and O–H groups in total. The Morgan fingerprint density at radius 3 is 2.74 bits per heavy atom. The summed E-state index contributed by atoms with van der Waals surface area (Å²) in [5.74, 6) is -0.437. The molecule has 0 heterocycles. The first kappa shape index (κ1) is 13.4. The van der Waals surface area contributed by atoms with Gasteiger partial charge in [-0.2, -0.15) is 0 Å². The first-order valence-corrected chi connectivity index (χ1v) is 5.88. The normalized spacial score (nSPS) is 10.1. The summed E-state index contributed by atoms with van der Waals surface area (Å²) in [4.78, 5) is 12.0. The van der Waals surface area contributed by atoms with E-state index in [1.807, 2.05) is 0 Å². The lowest BCUT2D eigenvalue weighted by Crippen LogP contribution is -2.13. The van der Waals surface area contributed by atoms with Crippen LogP contribution in [0.25, 0.3) is 0 Å². The highest BCUT2D eigenvalue weighted by molar-refractivity contribution is 6.30. The molecule has 0 spiro atoms. The largest absolute Gasteiger partial charge is 0.497 e. The Hall–Kier alpha value is -2.07. The molecule has 1 amide bonds. The highest BCUT2D eigenvalue weighted by Gasteiger charge is 2.10. The number of nitrogens with one attached hydrogen (secondary N) is 1. The Labute approximate surface area is 115 Å². The molecule has 0 saturated carbocycles. The summed E-state index contributed by atoms with van der Waals surface area (Å²) in [6.45, 7) is 0. The van der Waals surface area contributed by atoms with Gasteiger partial charge in [0.25, 0.3) is 5.91 Å². The maximum atomic E-state index is 13.5. The third-order valence-electron chi connectivity index (χ3n) is 2.51. The van der Waals surface area contributed by atoms with Gasteiger partial charge in [0, 0.05) is 10.6 Å². The molecule has 0 aromatic heterocycles. The van der Waals surface area contributed by atoms with Gasteiger partial charge in [-0.15, -0.1) is 0 Å². The molecule has 0 saturated heterocycles. The lowest BCUT2D eigenvalue weighted by Gasteiger charge is -2.07. The Morgan fingerprint density at radius 2 is 2.05 bits per heavy atom. The zero-order valence-electron chi connectivity index (χ0n) is 10.1. The fourth-order valence-corrected chi connectivity index (χ4v) is 1.71. The van der Waals surface area contributed by atoms with Gasteiger partial charge in [-0.05, 0) is 36.4 Å². The maximum absolute atomic E-state index is 13.5. The molecule has 2 rings (SSSR count). The molecule has 0 fully saturated rings. The molecule has 19 heavy (non-hydrogen) atoms. The molecule has 0 atom stereocenters. The van der Waals surface area contributed by atoms with Crippen LogP contribution in [-0.2, 0) is 0 Å². The van der Waals surface area contributed by atoms with Gasteiger partial charge in [0.2, 0.25) is 0 Å². The Morgan fingerprint density at radius 1 is 1.26 bits per heavy atom. The summed E-state index contributed by atoms with van der Waals surface area (Å²) in [5.41, 5.74) is 0.464. The zero-order chi connectivity index (χ0) is 13.8. The number of hydrogen-bond acceptors (Lipinski definition) is 2. The molecule has 2 aromatic rings. The molecule has 0 unspecified atom stereocenters. The van der Waals surface area contributed by atoms with E-state index in [2.05, 4.69) is 5.32 Å². The van der Waals surface area contributed by atoms with E-state index >= 15 is 0 Å². The van der Waals surface area contributed by atoms with Crippen LogP contribution in [0, 0.1) is 5.82 Å². The summed E-state index contributed by atoms with van der Waals surface area (Å²) < 4.78 is 18.6. The molecule has 0 aliphatic heterocycles. The number of ether oxygens (including phenoxy) is 1. The number of methoxy groups -OCH3 is 1. The SMILES string of the molecule is COc1cccc(C(=O)Nc2ccc(Cl)cc2F)c1. The van der Waals surface area contributed by atoms with Crippen LogP contribution >= 0.6 is 11.6 Å². The monoisotopic (exact) mass is 279 g/mol. The number of anilines is 1. The molecule has 0 bridgehead atoms. The van der Waals surface area contributed by atoms with Crippen LogP contribution in [0.2, 0.25) is 5.02 Å². The molecule has 0 aliphatic rings. The van der Waals surface area contributed by atoms with Gasteiger partial charge in [-0.25, -0.2) is 4.39 Å². The zero-order valence-corrected chi connectivity index (χ0v) is 10.9. The summed E-state index contributed by atoms with van der Waals surface area (Å²) in [6, 6.07) is 10.7. The number of hydrogen-bond donors (Lipinski definition) is 1. The molecule has 0 radical (unpaired) electrons. The lowest BCUT2D eigenvalue weighted by molar-refractivity contribution is 0.102. The molecular weight excluding hydrogens is 269 g/mol. The molecule has 3 nitrogen and oxygen atoms in total. The molecular formula is C14H11ClFNO2. The first-order chi connectivity index (χ1) is 9.10. The number of halogens is 2. The minimum absolute atomic E-state index is 0.0808. The minimum atomic E-state index is -0.580. The van der Waals surface area contributed by atoms with E-state index in [9.17, 15) is 9.18 Å².